The van der Waals surface area contributed by atoms with Crippen molar-refractivity contribution in [1.82, 2.24) is 14.7 Å². The number of hydrogen-bond donors (Lipinski definition) is 1. The van der Waals surface area contributed by atoms with Crippen LogP contribution in [0.1, 0.15) is 24.7 Å². The Kier molecular flexibility index (Phi) is 2.56. The Labute approximate surface area is 90.5 Å². The number of aromatic nitrogens is 2. The van der Waals surface area contributed by atoms with Crippen molar-refractivity contribution < 1.29 is 5.11 Å². The molecule has 1 aromatic heterocycles. The molecule has 1 aliphatic rings. The molecule has 1 saturated heterocycles. The van der Waals surface area contributed by atoms with E-state index in [4.69, 9.17) is 0 Å². The fourth-order valence-electron chi connectivity index (χ4n) is 2.22. The van der Waals surface area contributed by atoms with E-state index >= 15 is 0 Å². The van der Waals surface area contributed by atoms with Crippen LogP contribution >= 0.6 is 0 Å². The molecule has 84 valence electrons. The Morgan fingerprint density at radius 2 is 2.33 bits per heavy atom. The van der Waals surface area contributed by atoms with Crippen molar-refractivity contribution >= 4 is 0 Å². The van der Waals surface area contributed by atoms with Crippen molar-refractivity contribution in [2.24, 2.45) is 7.05 Å². The topological polar surface area (TPSA) is 41.3 Å². The van der Waals surface area contributed by atoms with Crippen molar-refractivity contribution in [2.75, 3.05) is 13.1 Å². The molecule has 4 heteroatoms. The van der Waals surface area contributed by atoms with E-state index in [-0.39, 0.29) is 0 Å². The monoisotopic (exact) mass is 209 g/mol. The fraction of sp³-hybridized carbons (Fsp3) is 0.727. The van der Waals surface area contributed by atoms with Crippen LogP contribution in [0.4, 0.5) is 0 Å². The summed E-state index contributed by atoms with van der Waals surface area (Å²) in [5.74, 6) is 0. The molecule has 2 rings (SSSR count). The highest BCUT2D eigenvalue weighted by molar-refractivity contribution is 5.09. The summed E-state index contributed by atoms with van der Waals surface area (Å²) >= 11 is 0. The third-order valence-electron chi connectivity index (χ3n) is 3.02. The van der Waals surface area contributed by atoms with Gasteiger partial charge in [-0.05, 0) is 26.3 Å². The van der Waals surface area contributed by atoms with Crippen LogP contribution in [0.15, 0.2) is 6.07 Å². The zero-order chi connectivity index (χ0) is 11.1. The average molecular weight is 209 g/mol. The lowest BCUT2D eigenvalue weighted by atomic mass is 10.1. The molecule has 1 atom stereocenters. The van der Waals surface area contributed by atoms with Crippen LogP contribution in [0.2, 0.25) is 0 Å². The van der Waals surface area contributed by atoms with E-state index in [1.807, 2.05) is 25.6 Å². The van der Waals surface area contributed by atoms with Crippen LogP contribution in [0.25, 0.3) is 0 Å². The Hall–Kier alpha value is -0.870. The fourth-order valence-corrected chi connectivity index (χ4v) is 2.22. The first kappa shape index (κ1) is 10.6. The smallest absolute Gasteiger partial charge is 0.0758 e. The van der Waals surface area contributed by atoms with Gasteiger partial charge in [-0.25, -0.2) is 0 Å². The first-order valence-electron chi connectivity index (χ1n) is 5.40. The summed E-state index contributed by atoms with van der Waals surface area (Å²) in [6.07, 6.45) is 0.865. The van der Waals surface area contributed by atoms with E-state index in [1.54, 1.807) is 0 Å². The third kappa shape index (κ3) is 2.38. The lowest BCUT2D eigenvalue weighted by Crippen LogP contribution is -2.29. The van der Waals surface area contributed by atoms with E-state index in [0.29, 0.717) is 0 Å². The van der Waals surface area contributed by atoms with Gasteiger partial charge in [-0.15, -0.1) is 0 Å². The first-order valence-corrected chi connectivity index (χ1v) is 5.40. The second kappa shape index (κ2) is 3.61. The molecule has 0 bridgehead atoms. The number of β-amino-alcohol motifs (C(OH)–C–C–N with tert-alkyl or cyclic N) is 1. The quantitative estimate of drug-likeness (QED) is 0.779. The summed E-state index contributed by atoms with van der Waals surface area (Å²) in [6, 6.07) is 2.10. The molecule has 0 aromatic carbocycles. The van der Waals surface area contributed by atoms with Gasteiger partial charge in [-0.2, -0.15) is 5.10 Å². The normalized spacial score (nSPS) is 27.5. The van der Waals surface area contributed by atoms with Gasteiger partial charge in [0.15, 0.2) is 0 Å². The van der Waals surface area contributed by atoms with Crippen LogP contribution in [0.5, 0.6) is 0 Å². The van der Waals surface area contributed by atoms with Gasteiger partial charge in [-0.1, -0.05) is 0 Å². The molecule has 1 N–H and O–H groups in total. The zero-order valence-electron chi connectivity index (χ0n) is 9.69. The summed E-state index contributed by atoms with van der Waals surface area (Å²) in [5.41, 5.74) is 1.76. The van der Waals surface area contributed by atoms with Gasteiger partial charge >= 0.3 is 0 Å². The number of rotatable bonds is 2. The molecule has 0 aliphatic carbocycles. The minimum Gasteiger partial charge on any atom is -0.389 e. The van der Waals surface area contributed by atoms with Crippen molar-refractivity contribution in [3.05, 3.63) is 17.5 Å². The molecule has 0 spiro atoms. The van der Waals surface area contributed by atoms with Gasteiger partial charge in [0, 0.05) is 26.7 Å². The van der Waals surface area contributed by atoms with E-state index in [2.05, 4.69) is 16.1 Å². The molecule has 4 nitrogen and oxygen atoms in total. The number of likely N-dealkylation sites (tertiary alicyclic amines) is 1. The summed E-state index contributed by atoms with van der Waals surface area (Å²) in [7, 11) is 1.97. The Morgan fingerprint density at radius 1 is 1.60 bits per heavy atom. The Morgan fingerprint density at radius 3 is 2.80 bits per heavy atom. The second-order valence-corrected chi connectivity index (χ2v) is 4.86. The predicted molar refractivity (Wildman–Crippen MR) is 58.5 cm³/mol. The minimum atomic E-state index is -0.506. The number of aliphatic hydroxyl groups is 1. The van der Waals surface area contributed by atoms with E-state index in [1.165, 1.54) is 5.69 Å². The molecule has 15 heavy (non-hydrogen) atoms. The Balaban J connectivity index is 2.01. The molecule has 2 heterocycles. The van der Waals surface area contributed by atoms with E-state index in [0.717, 1.165) is 31.7 Å². The highest BCUT2D eigenvalue weighted by atomic mass is 16.3. The maximum atomic E-state index is 9.85. The van der Waals surface area contributed by atoms with Crippen molar-refractivity contribution in [3.63, 3.8) is 0 Å². The van der Waals surface area contributed by atoms with Gasteiger partial charge in [-0.3, -0.25) is 9.58 Å². The van der Waals surface area contributed by atoms with Crippen LogP contribution in [-0.2, 0) is 13.6 Å². The molecule has 0 amide bonds. The van der Waals surface area contributed by atoms with Crippen molar-refractivity contribution in [2.45, 2.75) is 32.4 Å². The molecule has 1 fully saturated rings. The summed E-state index contributed by atoms with van der Waals surface area (Å²) in [4.78, 5) is 2.27. The minimum absolute atomic E-state index is 0.506. The number of hydrogen-bond acceptors (Lipinski definition) is 3. The largest absolute Gasteiger partial charge is 0.389 e. The van der Waals surface area contributed by atoms with Crippen molar-refractivity contribution in [1.29, 1.82) is 0 Å². The van der Waals surface area contributed by atoms with Crippen LogP contribution in [-0.4, -0.2) is 38.5 Å². The highest BCUT2D eigenvalue weighted by Crippen LogP contribution is 2.21. The van der Waals surface area contributed by atoms with Gasteiger partial charge in [0.25, 0.3) is 0 Å². The van der Waals surface area contributed by atoms with Crippen LogP contribution in [0.3, 0.4) is 0 Å². The molecular weight excluding hydrogens is 190 g/mol. The highest BCUT2D eigenvalue weighted by Gasteiger charge is 2.31. The lowest BCUT2D eigenvalue weighted by molar-refractivity contribution is 0.0676. The molecule has 1 aliphatic heterocycles. The maximum absolute atomic E-state index is 9.85. The molecule has 0 radical (unpaired) electrons. The first-order chi connectivity index (χ1) is 6.96. The van der Waals surface area contributed by atoms with Gasteiger partial charge in [0.2, 0.25) is 0 Å². The number of nitrogens with zero attached hydrogens (tertiary/aromatic N) is 3. The van der Waals surface area contributed by atoms with Crippen LogP contribution in [0, 0.1) is 6.92 Å². The summed E-state index contributed by atoms with van der Waals surface area (Å²) < 4.78 is 1.92. The standard InChI is InChI=1S/C11H19N3O/c1-9-6-10(13(3)12-9)7-14-5-4-11(2,15)8-14/h6,15H,4-5,7-8H2,1-3H3. The van der Waals surface area contributed by atoms with Gasteiger partial charge in [0.1, 0.15) is 0 Å². The number of aryl methyl sites for hydroxylation is 2. The molecule has 1 unspecified atom stereocenters. The average Bonchev–Trinajstić information content (AvgIpc) is 2.57. The van der Waals surface area contributed by atoms with Gasteiger partial charge < -0.3 is 5.11 Å². The van der Waals surface area contributed by atoms with E-state index < -0.39 is 5.60 Å². The predicted octanol–water partition coefficient (Wildman–Crippen LogP) is 0.685. The lowest BCUT2D eigenvalue weighted by Gasteiger charge is -2.18. The van der Waals surface area contributed by atoms with Gasteiger partial charge in [0.05, 0.1) is 17.0 Å². The zero-order valence-corrected chi connectivity index (χ0v) is 9.69. The summed E-state index contributed by atoms with van der Waals surface area (Å²) in [6.45, 7) is 6.52. The van der Waals surface area contributed by atoms with Crippen molar-refractivity contribution in [3.8, 4) is 0 Å². The van der Waals surface area contributed by atoms with E-state index in [9.17, 15) is 5.11 Å². The maximum Gasteiger partial charge on any atom is 0.0758 e. The molecule has 1 aromatic rings. The van der Waals surface area contributed by atoms with Crippen LogP contribution < -0.4 is 0 Å². The summed E-state index contributed by atoms with van der Waals surface area (Å²) in [5, 5.41) is 14.2. The second-order valence-electron chi connectivity index (χ2n) is 4.86. The molecule has 0 saturated carbocycles. The molecular formula is C11H19N3O. The Bertz CT molecular complexity index is 357. The third-order valence-corrected chi connectivity index (χ3v) is 3.02. The SMILES string of the molecule is Cc1cc(CN2CCC(C)(O)C2)n(C)n1.